The second-order valence-corrected chi connectivity index (χ2v) is 8.91. The molecule has 3 heterocycles. The smallest absolute Gasteiger partial charge is 0.297 e. The maximum absolute atomic E-state index is 13.7. The van der Waals surface area contributed by atoms with E-state index >= 15 is 0 Å². The molecule has 5 aromatic rings. The predicted octanol–water partition coefficient (Wildman–Crippen LogP) is 5.26. The molecule has 0 spiro atoms. The number of hydrogen-bond donors (Lipinski definition) is 1. The van der Waals surface area contributed by atoms with Gasteiger partial charge in [-0.1, -0.05) is 35.6 Å². The van der Waals surface area contributed by atoms with E-state index in [2.05, 4.69) is 4.98 Å². The molecular weight excluding hydrogens is 452 g/mol. The van der Waals surface area contributed by atoms with Crippen LogP contribution in [0.25, 0.3) is 21.2 Å². The summed E-state index contributed by atoms with van der Waals surface area (Å²) in [6, 6.07) is 18.2. The summed E-state index contributed by atoms with van der Waals surface area (Å²) in [5.41, 5.74) is 1.61. The highest BCUT2D eigenvalue weighted by molar-refractivity contribution is 7.22. The molecule has 0 aliphatic carbocycles. The van der Waals surface area contributed by atoms with Crippen molar-refractivity contribution in [3.63, 3.8) is 0 Å². The van der Waals surface area contributed by atoms with Crippen LogP contribution in [-0.2, 0) is 0 Å². The summed E-state index contributed by atoms with van der Waals surface area (Å²) >= 11 is 1.33. The second-order valence-electron chi connectivity index (χ2n) is 7.90. The number of anilines is 1. The fraction of sp³-hybridized carbons (Fsp3) is 0.115. The van der Waals surface area contributed by atoms with Crippen molar-refractivity contribution in [1.29, 1.82) is 0 Å². The Morgan fingerprint density at radius 3 is 2.76 bits per heavy atom. The van der Waals surface area contributed by atoms with E-state index in [9.17, 15) is 14.7 Å². The first kappa shape index (κ1) is 20.4. The Kier molecular flexibility index (Phi) is 4.63. The van der Waals surface area contributed by atoms with E-state index in [0.29, 0.717) is 39.5 Å². The standard InChI is InChI=1S/C26H18N2O5S/c1-2-32-16-10-11-18-20(13-16)34-26(27-18)28-22(14-6-5-7-15(29)12-14)21-23(30)17-8-3-4-9-19(17)33-24(21)25(28)31/h3-13,22,29H,2H2,1H3/t22-/m0/s1. The van der Waals surface area contributed by atoms with Gasteiger partial charge in [0.2, 0.25) is 5.76 Å². The lowest BCUT2D eigenvalue weighted by molar-refractivity contribution is 0.0971. The Balaban J connectivity index is 1.59. The predicted molar refractivity (Wildman–Crippen MR) is 130 cm³/mol. The molecule has 0 saturated heterocycles. The van der Waals surface area contributed by atoms with E-state index in [1.165, 1.54) is 16.2 Å². The molecule has 0 saturated carbocycles. The molecule has 1 aliphatic heterocycles. The van der Waals surface area contributed by atoms with Crippen LogP contribution < -0.4 is 15.1 Å². The summed E-state index contributed by atoms with van der Waals surface area (Å²) in [5, 5.41) is 11.0. The number of phenols is 1. The lowest BCUT2D eigenvalue weighted by atomic mass is 9.98. The minimum atomic E-state index is -0.789. The third-order valence-electron chi connectivity index (χ3n) is 5.83. The topological polar surface area (TPSA) is 92.9 Å². The number of ether oxygens (including phenoxy) is 1. The zero-order chi connectivity index (χ0) is 23.4. The van der Waals surface area contributed by atoms with Gasteiger partial charge in [-0.15, -0.1) is 0 Å². The van der Waals surface area contributed by atoms with Gasteiger partial charge in [-0.2, -0.15) is 0 Å². The van der Waals surface area contributed by atoms with Crippen molar-refractivity contribution in [1.82, 2.24) is 4.98 Å². The van der Waals surface area contributed by atoms with Crippen LogP contribution in [0.4, 0.5) is 5.13 Å². The van der Waals surface area contributed by atoms with Crippen LogP contribution >= 0.6 is 11.3 Å². The van der Waals surface area contributed by atoms with Gasteiger partial charge in [-0.25, -0.2) is 4.98 Å². The Labute approximate surface area is 197 Å². The number of carbonyl (C=O) groups excluding carboxylic acids is 1. The highest BCUT2D eigenvalue weighted by Crippen LogP contribution is 2.44. The maximum atomic E-state index is 13.7. The van der Waals surface area contributed by atoms with E-state index in [1.54, 1.807) is 48.5 Å². The first-order valence-electron chi connectivity index (χ1n) is 10.8. The summed E-state index contributed by atoms with van der Waals surface area (Å²) < 4.78 is 12.4. The molecule has 7 nitrogen and oxygen atoms in total. The van der Waals surface area contributed by atoms with Crippen molar-refractivity contribution in [2.24, 2.45) is 0 Å². The lowest BCUT2D eigenvalue weighted by Gasteiger charge is -2.22. The van der Waals surface area contributed by atoms with Gasteiger partial charge < -0.3 is 14.3 Å². The van der Waals surface area contributed by atoms with E-state index in [1.807, 2.05) is 25.1 Å². The lowest BCUT2D eigenvalue weighted by Crippen LogP contribution is -2.29. The zero-order valence-corrected chi connectivity index (χ0v) is 18.8. The van der Waals surface area contributed by atoms with Crippen LogP contribution in [0.3, 0.4) is 0 Å². The van der Waals surface area contributed by atoms with Crippen molar-refractivity contribution in [3.05, 3.63) is 93.8 Å². The van der Waals surface area contributed by atoms with Gasteiger partial charge in [0, 0.05) is 0 Å². The summed E-state index contributed by atoms with van der Waals surface area (Å²) in [4.78, 5) is 33.4. The van der Waals surface area contributed by atoms with Crippen molar-refractivity contribution in [2.45, 2.75) is 13.0 Å². The number of phenolic OH excluding ortho intramolecular Hbond substituents is 1. The van der Waals surface area contributed by atoms with Gasteiger partial charge in [0.15, 0.2) is 10.6 Å². The number of aromatic hydroxyl groups is 1. The molecule has 2 aromatic heterocycles. The van der Waals surface area contributed by atoms with Crippen LogP contribution in [0.15, 0.2) is 75.9 Å². The number of rotatable bonds is 4. The average molecular weight is 471 g/mol. The van der Waals surface area contributed by atoms with Crippen LogP contribution in [-0.4, -0.2) is 22.6 Å². The van der Waals surface area contributed by atoms with Crippen LogP contribution in [0.2, 0.25) is 0 Å². The molecule has 1 atom stereocenters. The Hall–Kier alpha value is -4.17. The number of benzene rings is 3. The summed E-state index contributed by atoms with van der Waals surface area (Å²) in [7, 11) is 0. The molecule has 168 valence electrons. The largest absolute Gasteiger partial charge is 0.508 e. The molecule has 1 aliphatic rings. The van der Waals surface area contributed by atoms with Crippen LogP contribution in [0, 0.1) is 0 Å². The van der Waals surface area contributed by atoms with E-state index < -0.39 is 11.9 Å². The summed E-state index contributed by atoms with van der Waals surface area (Å²) in [5.74, 6) is 0.296. The number of nitrogens with zero attached hydrogens (tertiary/aromatic N) is 2. The fourth-order valence-electron chi connectivity index (χ4n) is 4.38. The highest BCUT2D eigenvalue weighted by atomic mass is 32.1. The second kappa shape index (κ2) is 7.71. The third kappa shape index (κ3) is 3.07. The van der Waals surface area contributed by atoms with Crippen LogP contribution in [0.1, 0.15) is 34.6 Å². The molecule has 6 rings (SSSR count). The highest BCUT2D eigenvalue weighted by Gasteiger charge is 2.45. The average Bonchev–Trinajstić information content (AvgIpc) is 3.38. The van der Waals surface area contributed by atoms with Crippen molar-refractivity contribution >= 4 is 43.6 Å². The Morgan fingerprint density at radius 2 is 1.94 bits per heavy atom. The van der Waals surface area contributed by atoms with E-state index in [-0.39, 0.29) is 22.5 Å². The molecule has 0 fully saturated rings. The quantitative estimate of drug-likeness (QED) is 0.385. The zero-order valence-electron chi connectivity index (χ0n) is 18.0. The Morgan fingerprint density at radius 1 is 1.09 bits per heavy atom. The van der Waals surface area contributed by atoms with Crippen molar-refractivity contribution in [2.75, 3.05) is 11.5 Å². The Bertz CT molecular complexity index is 1650. The molecule has 1 amide bonds. The number of hydrogen-bond acceptors (Lipinski definition) is 7. The molecule has 8 heteroatoms. The van der Waals surface area contributed by atoms with Gasteiger partial charge in [0.1, 0.15) is 17.1 Å². The van der Waals surface area contributed by atoms with E-state index in [4.69, 9.17) is 9.15 Å². The third-order valence-corrected chi connectivity index (χ3v) is 6.85. The first-order chi connectivity index (χ1) is 16.5. The fourth-order valence-corrected chi connectivity index (χ4v) is 5.40. The monoisotopic (exact) mass is 470 g/mol. The van der Waals surface area contributed by atoms with E-state index in [0.717, 1.165) is 4.70 Å². The maximum Gasteiger partial charge on any atom is 0.297 e. The van der Waals surface area contributed by atoms with Gasteiger partial charge in [-0.05, 0) is 55.0 Å². The number of aromatic nitrogens is 1. The molecular formula is C26H18N2O5S. The number of amides is 1. The van der Waals surface area contributed by atoms with Crippen molar-refractivity contribution < 1.29 is 19.1 Å². The van der Waals surface area contributed by atoms with Gasteiger partial charge in [-0.3, -0.25) is 14.5 Å². The van der Waals surface area contributed by atoms with Gasteiger partial charge in [0.25, 0.3) is 5.91 Å². The molecule has 3 aromatic carbocycles. The minimum absolute atomic E-state index is 0.00805. The number of carbonyl (C=O) groups is 1. The molecule has 0 bridgehead atoms. The summed E-state index contributed by atoms with van der Waals surface area (Å²) in [6.45, 7) is 2.45. The molecule has 0 radical (unpaired) electrons. The van der Waals surface area contributed by atoms with Crippen molar-refractivity contribution in [3.8, 4) is 11.5 Å². The number of fused-ring (bicyclic) bond motifs is 3. The van der Waals surface area contributed by atoms with Gasteiger partial charge >= 0.3 is 0 Å². The number of para-hydroxylation sites is 1. The van der Waals surface area contributed by atoms with Gasteiger partial charge in [0.05, 0.1) is 33.8 Å². The molecule has 0 unspecified atom stereocenters. The normalized spacial score (nSPS) is 15.3. The minimum Gasteiger partial charge on any atom is -0.508 e. The molecule has 34 heavy (non-hydrogen) atoms. The van der Waals surface area contributed by atoms with Crippen LogP contribution in [0.5, 0.6) is 11.5 Å². The number of thiazole rings is 1. The molecule has 1 N–H and O–H groups in total. The first-order valence-corrected chi connectivity index (χ1v) is 11.6. The summed E-state index contributed by atoms with van der Waals surface area (Å²) in [6.07, 6.45) is 0. The SMILES string of the molecule is CCOc1ccc2nc(N3C(=O)c4oc5ccccc5c(=O)c4[C@@H]3c3cccc(O)c3)sc2c1.